The van der Waals surface area contributed by atoms with Crippen molar-refractivity contribution in [2.45, 2.75) is 197 Å². The normalized spacial score (nSPS) is 21.5. The lowest BCUT2D eigenvalue weighted by atomic mass is 9.44. The molecular weight excluding hydrogens is 1810 g/mol. The summed E-state index contributed by atoms with van der Waals surface area (Å²) in [6.07, 6.45) is -14.2. The number of nitrogens with one attached hydrogen (secondary N) is 8. The van der Waals surface area contributed by atoms with Crippen molar-refractivity contribution >= 4 is 145 Å². The molecule has 2 bridgehead atoms. The smallest absolute Gasteiger partial charge is 0.481 e. The predicted octanol–water partition coefficient (Wildman–Crippen LogP) is 2.22. The predicted molar refractivity (Wildman–Crippen MR) is 478 cm³/mol. The summed E-state index contributed by atoms with van der Waals surface area (Å²) in [6.45, 7) is 11.1. The highest BCUT2D eigenvalue weighted by Gasteiger charge is 2.79. The van der Waals surface area contributed by atoms with Gasteiger partial charge in [0.15, 0.2) is 40.7 Å². The fraction of sp³-hybridized carbons (Fsp3) is 0.443. The van der Waals surface area contributed by atoms with Gasteiger partial charge in [0.2, 0.25) is 29.6 Å². The number of aromatic amines is 1. The number of fused-ring (bicyclic) bond motifs is 6. The summed E-state index contributed by atoms with van der Waals surface area (Å²) in [5.74, 6) is -18.6. The summed E-state index contributed by atoms with van der Waals surface area (Å²) in [6, 6.07) is 20.0. The number of carboxylic acid groups (broad SMARTS) is 4. The number of nitrogen functional groups attached to an aromatic ring is 1. The number of guanidine groups is 1. The average Bonchev–Trinajstić information content (AvgIpc) is 0.665. The zero-order valence-corrected chi connectivity index (χ0v) is 75.9. The fourth-order valence-electron chi connectivity index (χ4n) is 16.4. The van der Waals surface area contributed by atoms with Crippen molar-refractivity contribution in [2.24, 2.45) is 33.2 Å². The number of esters is 4. The molecule has 135 heavy (non-hydrogen) atoms. The van der Waals surface area contributed by atoms with Gasteiger partial charge in [-0.1, -0.05) is 109 Å². The highest BCUT2D eigenvalue weighted by atomic mass is 33.1. The number of benzene rings is 4. The molecule has 4 aromatic carbocycles. The maximum absolute atomic E-state index is 16.0. The number of nitrogens with two attached hydrogens (primary N) is 3. The number of hydrogen-bond acceptors (Lipinski definition) is 34. The number of nitrogens with zero attached hydrogens (tertiary/aromatic N) is 4. The van der Waals surface area contributed by atoms with Gasteiger partial charge in [0, 0.05) is 73.4 Å². The van der Waals surface area contributed by atoms with E-state index in [0.29, 0.717) is 22.7 Å². The Balaban J connectivity index is 0.000000303. The molecule has 6 aromatic rings. The molecule has 0 spiro atoms. The molecule has 1 saturated heterocycles. The van der Waals surface area contributed by atoms with E-state index in [1.165, 1.54) is 67.2 Å². The first-order valence-electron chi connectivity index (χ1n) is 42.3. The largest absolute Gasteiger partial charge is 0.508 e. The number of anilines is 2. The number of H-pyrrole nitrogens is 1. The molecule has 2 aromatic heterocycles. The van der Waals surface area contributed by atoms with Crippen LogP contribution in [0.3, 0.4) is 0 Å². The molecule has 1 aliphatic heterocycles. The maximum Gasteiger partial charge on any atom is 0.508 e. The number of carboxylic acids is 4. The van der Waals surface area contributed by atoms with Crippen LogP contribution in [0.4, 0.5) is 16.4 Å². The lowest BCUT2D eigenvalue weighted by molar-refractivity contribution is -0.346. The molecule has 4 aliphatic rings. The van der Waals surface area contributed by atoms with Crippen molar-refractivity contribution in [2.75, 3.05) is 42.3 Å². The second-order valence-corrected chi connectivity index (χ2v) is 35.2. The van der Waals surface area contributed by atoms with Gasteiger partial charge in [-0.3, -0.25) is 67.5 Å². The van der Waals surface area contributed by atoms with Crippen LogP contribution in [0.1, 0.15) is 155 Å². The number of ketones is 1. The van der Waals surface area contributed by atoms with E-state index in [0.717, 1.165) is 24.6 Å². The molecule has 45 nitrogen and oxygen atoms in total. The number of Topliss-reactive ketones (excluding diaryl/α,β-unsaturated/α-hetero) is 1. The number of hydrogen-bond donors (Lipinski definition) is 17. The van der Waals surface area contributed by atoms with Gasteiger partial charge >= 0.3 is 53.9 Å². The third-order valence-corrected chi connectivity index (χ3v) is 25.5. The lowest BCUT2D eigenvalue weighted by Crippen LogP contribution is -2.82. The Morgan fingerprint density at radius 1 is 0.667 bits per heavy atom. The number of aliphatic hydroxyl groups is 2. The van der Waals surface area contributed by atoms with E-state index >= 15 is 4.79 Å². The summed E-state index contributed by atoms with van der Waals surface area (Å²) in [7, 11) is 2.44. The first-order chi connectivity index (χ1) is 63.9. The van der Waals surface area contributed by atoms with Crippen molar-refractivity contribution < 1.29 is 141 Å². The van der Waals surface area contributed by atoms with Gasteiger partial charge < -0.3 is 118 Å². The Bertz CT molecular complexity index is 5540. The molecule has 0 radical (unpaired) electrons. The van der Waals surface area contributed by atoms with Crippen LogP contribution < -0.4 is 60.0 Å². The third-order valence-electron chi connectivity index (χ3n) is 23.0. The monoisotopic (exact) mass is 1920 g/mol. The Morgan fingerprint density at radius 2 is 1.24 bits per heavy atom. The Hall–Kier alpha value is -14.2. The summed E-state index contributed by atoms with van der Waals surface area (Å²) in [5.41, 5.74) is 9.12. The highest BCUT2D eigenvalue weighted by molar-refractivity contribution is 8.76. The van der Waals surface area contributed by atoms with E-state index in [4.69, 9.17) is 50.4 Å². The van der Waals surface area contributed by atoms with Crippen LogP contribution in [-0.4, -0.2) is 261 Å². The zero-order valence-electron chi connectivity index (χ0n) is 74.3. The summed E-state index contributed by atoms with van der Waals surface area (Å²) < 4.78 is 41.8. The Morgan fingerprint density at radius 3 is 1.81 bits per heavy atom. The molecule has 3 fully saturated rings. The molecule has 2 saturated carbocycles. The number of aliphatic imine (C=N–C) groups is 1. The Labute approximate surface area is 777 Å². The topological polar surface area (TPSA) is 705 Å². The van der Waals surface area contributed by atoms with Gasteiger partial charge in [0.1, 0.15) is 60.2 Å². The molecule has 3 aliphatic carbocycles. The number of aliphatic hydroxyl groups excluding tert-OH is 1. The van der Waals surface area contributed by atoms with E-state index in [2.05, 4.69) is 62.1 Å². The van der Waals surface area contributed by atoms with Crippen LogP contribution in [0.2, 0.25) is 0 Å². The number of aromatic nitrogens is 4. The van der Waals surface area contributed by atoms with Gasteiger partial charge in [0.05, 0.1) is 67.4 Å². The SMILES string of the molecule is CCOC(=O)O[C@H]1C[C@H]2OC[C@@]2(OC(C)=O)C2[C@H](OC(=O)c3ccccc3)[C@]3(O)C[C@H](OC(=O)[C@H](O)[C@H](NC(=O)c4ccccc4)c4ccccc4)C(C)=C([C@@H](OC(C)=O)C(=O)[C@@]21C)C3(C)C.CCSSC[C@H](NC(=O)[C@H](CC(=O)O)NC(=O)[C@H](CCCN=C(N)N)NC(=O)[C@H](CC(=O)O)NC(=O)CC[C@H](NC(=O)c1ccc(NCc2cnc3nc(N)[nH]c(=O)c3n2)cc1)C(=O)O)C(=O)O. The van der Waals surface area contributed by atoms with Crippen LogP contribution >= 0.6 is 21.6 Å². The second kappa shape index (κ2) is 46.5. The standard InChI is InChI=1S/C50H55NO16.C38H50N14O14S2/c1-8-61-46(59)65-34-24-35-49(26-62-35,67-29(4)53)40-42(66-44(57)32-22-16-11-17-23-32)50(60)25-33(27(2)36(47(50,5)6)39(63-28(3)52)41(55)48(34,40)7)64-45(58)38(54)37(30-18-12-9-13-19-30)51-43(56)31-20-14-10-15-21-31;1-2-67-68-16-24(36(65)66)50-33(61)23(13-27(56)57)49-31(59)20(4-3-11-42-37(39)40)47-32(60)22(12-26(54)55)46-25(53)10-9-21(35(63)64)48-30(58)17-5-7-18(8-6-17)43-14-19-15-44-29-28(45-19)34(62)52-38(41)51-29/h9-23,33-35,37-40,42,54,60H,8,24-26H2,1-7H3,(H,51,56);5-8,15,20-24,43H,2-4,9-14,16H2,1H3,(H,46,53)(H,47,60)(H,48,58)(H,49,59)(H,50,61)(H,54,55)(H,56,57)(H,63,64)(H,65,66)(H4,39,40,42)(H3,41,44,51,52,62)/t33-,34-,35+,37+,38+,39+,40?,42-,48+,49-,50+;20-,21-,22-,23-,24-/m00/s1. The van der Waals surface area contributed by atoms with E-state index < -0.39 is 234 Å². The quantitative estimate of drug-likeness (QED) is 0.00497. The van der Waals surface area contributed by atoms with E-state index in [-0.39, 0.29) is 102 Å². The van der Waals surface area contributed by atoms with Gasteiger partial charge in [-0.25, -0.2) is 33.9 Å². The zero-order chi connectivity index (χ0) is 99.1. The number of amides is 6. The molecule has 47 heteroatoms. The van der Waals surface area contributed by atoms with Crippen LogP contribution in [0.15, 0.2) is 142 Å². The fourth-order valence-corrected chi connectivity index (χ4v) is 18.2. The average molecular weight is 1920 g/mol. The van der Waals surface area contributed by atoms with Crippen molar-refractivity contribution in [1.82, 2.24) is 51.8 Å². The van der Waals surface area contributed by atoms with Crippen LogP contribution in [-0.2, 0) is 97.2 Å². The van der Waals surface area contributed by atoms with Crippen molar-refractivity contribution in [3.8, 4) is 0 Å². The van der Waals surface area contributed by atoms with Gasteiger partial charge in [-0.05, 0) is 105 Å². The molecule has 3 heterocycles. The molecule has 6 amide bonds. The Kier molecular flexibility index (Phi) is 36.0. The highest BCUT2D eigenvalue weighted by Crippen LogP contribution is 2.65. The van der Waals surface area contributed by atoms with Crippen LogP contribution in [0.5, 0.6) is 0 Å². The van der Waals surface area contributed by atoms with E-state index in [1.807, 2.05) is 6.92 Å². The second-order valence-electron chi connectivity index (χ2n) is 32.4. The first kappa shape index (κ1) is 105. The molecule has 16 atom stereocenters. The first-order valence-corrected chi connectivity index (χ1v) is 44.8. The summed E-state index contributed by atoms with van der Waals surface area (Å²) >= 11 is 0. The molecule has 10 rings (SSSR count). The van der Waals surface area contributed by atoms with E-state index in [9.17, 15) is 107 Å². The molecular formula is C88H105N15O30S2. The van der Waals surface area contributed by atoms with Gasteiger partial charge in [-0.15, -0.1) is 0 Å². The minimum Gasteiger partial charge on any atom is -0.481 e. The minimum absolute atomic E-state index is 0.0142. The molecule has 1 unspecified atom stereocenters. The lowest BCUT2D eigenvalue weighted by Gasteiger charge is -2.67. The number of carbonyl (C=O) groups excluding carboxylic acids is 12. The van der Waals surface area contributed by atoms with Crippen LogP contribution in [0.25, 0.3) is 11.2 Å². The number of carbonyl (C=O) groups is 16. The molecule has 724 valence electrons. The molecule has 20 N–H and O–H groups in total. The number of ether oxygens (including phenoxy) is 7. The van der Waals surface area contributed by atoms with Crippen molar-refractivity contribution in [3.63, 3.8) is 0 Å². The number of aliphatic carboxylic acids is 4. The summed E-state index contributed by atoms with van der Waals surface area (Å²) in [4.78, 5) is 242. The number of rotatable bonds is 41. The van der Waals surface area contributed by atoms with Gasteiger partial charge in [-0.2, -0.15) is 4.98 Å². The van der Waals surface area contributed by atoms with E-state index in [1.54, 1.807) is 99.6 Å². The maximum atomic E-state index is 16.0. The van der Waals surface area contributed by atoms with Crippen molar-refractivity contribution in [3.05, 3.63) is 171 Å². The van der Waals surface area contributed by atoms with Crippen LogP contribution in [0, 0.1) is 16.7 Å². The van der Waals surface area contributed by atoms with Gasteiger partial charge in [0.25, 0.3) is 17.4 Å². The minimum atomic E-state index is -2.47. The van der Waals surface area contributed by atoms with Crippen molar-refractivity contribution in [1.29, 1.82) is 0 Å². The summed E-state index contributed by atoms with van der Waals surface area (Å²) in [5, 5.41) is 81.0. The third kappa shape index (κ3) is 26.0.